The van der Waals surface area contributed by atoms with E-state index in [0.717, 1.165) is 22.7 Å². The van der Waals surface area contributed by atoms with Gasteiger partial charge in [-0.05, 0) is 42.5 Å². The van der Waals surface area contributed by atoms with E-state index in [1.807, 2.05) is 60.7 Å². The monoisotopic (exact) mass is 447 g/mol. The van der Waals surface area contributed by atoms with Gasteiger partial charge in [-0.1, -0.05) is 18.2 Å². The number of methoxy groups -OCH3 is 1. The number of carbonyl (C=O) groups is 1. The van der Waals surface area contributed by atoms with Crippen LogP contribution in [0, 0.1) is 0 Å². The van der Waals surface area contributed by atoms with Crippen LogP contribution >= 0.6 is 0 Å². The van der Waals surface area contributed by atoms with Gasteiger partial charge in [0.1, 0.15) is 18.0 Å². The average Bonchev–Trinajstić information content (AvgIpc) is 3.43. The summed E-state index contributed by atoms with van der Waals surface area (Å²) in [4.78, 5) is 21.4. The Bertz CT molecular complexity index is 1100. The number of ether oxygens (including phenoxy) is 3. The molecule has 9 nitrogen and oxygen atoms in total. The molecule has 4 unspecified atom stereocenters. The zero-order valence-electron chi connectivity index (χ0n) is 18.1. The number of hydrogen-bond acceptors (Lipinski definition) is 7. The third kappa shape index (κ3) is 4.74. The second kappa shape index (κ2) is 9.43. The van der Waals surface area contributed by atoms with Gasteiger partial charge in [0.25, 0.3) is 0 Å². The molecule has 33 heavy (non-hydrogen) atoms. The Hall–Kier alpha value is -3.69. The van der Waals surface area contributed by atoms with Crippen molar-refractivity contribution >= 4 is 17.7 Å². The highest BCUT2D eigenvalue weighted by molar-refractivity contribution is 5.89. The Morgan fingerprint density at radius 3 is 2.45 bits per heavy atom. The van der Waals surface area contributed by atoms with E-state index in [9.17, 15) is 4.79 Å². The van der Waals surface area contributed by atoms with Crippen molar-refractivity contribution in [1.82, 2.24) is 15.3 Å². The molecule has 3 heterocycles. The lowest BCUT2D eigenvalue weighted by molar-refractivity contribution is 0.0683. The molecule has 170 valence electrons. The van der Waals surface area contributed by atoms with Crippen LogP contribution in [0.1, 0.15) is 0 Å². The van der Waals surface area contributed by atoms with Crippen molar-refractivity contribution in [2.24, 2.45) is 0 Å². The normalized spacial score (nSPS) is 23.5. The molecule has 3 N–H and O–H groups in total. The first-order valence-electron chi connectivity index (χ1n) is 10.8. The summed E-state index contributed by atoms with van der Waals surface area (Å²) in [5.41, 5.74) is 2.49. The molecule has 1 aromatic heterocycles. The number of nitrogens with zero attached hydrogens (tertiary/aromatic N) is 2. The van der Waals surface area contributed by atoms with Crippen molar-refractivity contribution in [2.45, 2.75) is 24.3 Å². The van der Waals surface area contributed by atoms with Crippen LogP contribution in [-0.4, -0.2) is 60.6 Å². The van der Waals surface area contributed by atoms with E-state index < -0.39 is 0 Å². The molecule has 0 spiro atoms. The minimum Gasteiger partial charge on any atom is -0.497 e. The van der Waals surface area contributed by atoms with Crippen molar-refractivity contribution in [1.29, 1.82) is 0 Å². The van der Waals surface area contributed by atoms with Gasteiger partial charge in [0.2, 0.25) is 5.95 Å². The third-order valence-electron chi connectivity index (χ3n) is 5.76. The van der Waals surface area contributed by atoms with Crippen molar-refractivity contribution in [3.05, 3.63) is 66.9 Å². The molecular formula is C24H25N5O4. The predicted octanol–water partition coefficient (Wildman–Crippen LogP) is 2.92. The largest absolute Gasteiger partial charge is 0.497 e. The number of rotatable bonds is 6. The molecule has 5 rings (SSSR count). The first kappa shape index (κ1) is 21.2. The van der Waals surface area contributed by atoms with Crippen molar-refractivity contribution in [3.8, 4) is 17.0 Å². The molecule has 0 bridgehead atoms. The van der Waals surface area contributed by atoms with E-state index in [-0.39, 0.29) is 30.3 Å². The number of fused-ring (bicyclic) bond motifs is 1. The van der Waals surface area contributed by atoms with Gasteiger partial charge in [0, 0.05) is 17.4 Å². The highest BCUT2D eigenvalue weighted by Gasteiger charge is 2.48. The lowest BCUT2D eigenvalue weighted by Crippen LogP contribution is -2.46. The van der Waals surface area contributed by atoms with Gasteiger partial charge in [-0.15, -0.1) is 0 Å². The topological polar surface area (TPSA) is 107 Å². The maximum Gasteiger partial charge on any atom is 0.319 e. The highest BCUT2D eigenvalue weighted by Crippen LogP contribution is 2.29. The molecule has 2 aliphatic heterocycles. The van der Waals surface area contributed by atoms with Gasteiger partial charge in [-0.3, -0.25) is 0 Å². The summed E-state index contributed by atoms with van der Waals surface area (Å²) in [5.74, 6) is 1.29. The van der Waals surface area contributed by atoms with Gasteiger partial charge in [0.15, 0.2) is 0 Å². The summed E-state index contributed by atoms with van der Waals surface area (Å²) < 4.78 is 17.1. The molecule has 0 aliphatic carbocycles. The van der Waals surface area contributed by atoms with Crippen LogP contribution in [0.5, 0.6) is 5.75 Å². The van der Waals surface area contributed by atoms with Crippen molar-refractivity contribution in [3.63, 3.8) is 0 Å². The summed E-state index contributed by atoms with van der Waals surface area (Å²) in [5, 5.41) is 9.11. The number of benzene rings is 2. The number of amides is 2. The zero-order valence-corrected chi connectivity index (χ0v) is 18.1. The van der Waals surface area contributed by atoms with Gasteiger partial charge in [-0.25, -0.2) is 14.8 Å². The standard InChI is InChI=1S/C24H25N5O4/c1-31-17-9-7-15(8-10-17)18-11-12-25-23(27-18)28-19-13-32-22-20(14-33-21(19)22)29-24(30)26-16-5-3-2-4-6-16/h2-12,19-22H,13-14H2,1H3,(H,25,27,28)(H2,26,29,30). The maximum absolute atomic E-state index is 12.4. The minimum absolute atomic E-state index is 0.120. The quantitative estimate of drug-likeness (QED) is 0.533. The second-order valence-corrected chi connectivity index (χ2v) is 7.91. The van der Waals surface area contributed by atoms with Gasteiger partial charge < -0.3 is 30.2 Å². The Morgan fingerprint density at radius 2 is 1.70 bits per heavy atom. The smallest absolute Gasteiger partial charge is 0.319 e. The molecule has 4 atom stereocenters. The average molecular weight is 447 g/mol. The predicted molar refractivity (Wildman–Crippen MR) is 123 cm³/mol. The number of aromatic nitrogens is 2. The molecule has 2 saturated heterocycles. The summed E-state index contributed by atoms with van der Waals surface area (Å²) in [6.07, 6.45) is 1.27. The van der Waals surface area contributed by atoms with Crippen molar-refractivity contribution in [2.75, 3.05) is 31.0 Å². The van der Waals surface area contributed by atoms with E-state index in [2.05, 4.69) is 25.9 Å². The summed E-state index contributed by atoms with van der Waals surface area (Å²) in [6.45, 7) is 0.812. The first-order chi connectivity index (χ1) is 16.2. The molecule has 2 fully saturated rings. The van der Waals surface area contributed by atoms with E-state index in [4.69, 9.17) is 14.2 Å². The minimum atomic E-state index is -0.286. The number of urea groups is 1. The Morgan fingerprint density at radius 1 is 0.970 bits per heavy atom. The van der Waals surface area contributed by atoms with Crippen molar-refractivity contribution < 1.29 is 19.0 Å². The Balaban J connectivity index is 1.20. The zero-order chi connectivity index (χ0) is 22.6. The Labute approximate surface area is 191 Å². The third-order valence-corrected chi connectivity index (χ3v) is 5.76. The number of anilines is 2. The number of carbonyl (C=O) groups excluding carboxylic acids is 1. The van der Waals surface area contributed by atoms with E-state index in [1.54, 1.807) is 13.3 Å². The van der Waals surface area contributed by atoms with Crippen LogP contribution in [0.15, 0.2) is 66.9 Å². The highest BCUT2D eigenvalue weighted by atomic mass is 16.6. The van der Waals surface area contributed by atoms with E-state index in [1.165, 1.54) is 0 Å². The van der Waals surface area contributed by atoms with Gasteiger partial charge >= 0.3 is 6.03 Å². The molecule has 9 heteroatoms. The van der Waals surface area contributed by atoms with Crippen LogP contribution in [0.25, 0.3) is 11.3 Å². The lowest BCUT2D eigenvalue weighted by Gasteiger charge is -2.18. The second-order valence-electron chi connectivity index (χ2n) is 7.91. The first-order valence-corrected chi connectivity index (χ1v) is 10.8. The summed E-state index contributed by atoms with van der Waals surface area (Å²) in [7, 11) is 1.64. The molecular weight excluding hydrogens is 422 g/mol. The molecule has 2 aliphatic rings. The Kier molecular flexibility index (Phi) is 6.05. The molecule has 2 amide bonds. The fourth-order valence-electron chi connectivity index (χ4n) is 4.12. The summed E-state index contributed by atoms with van der Waals surface area (Å²) >= 11 is 0. The summed E-state index contributed by atoms with van der Waals surface area (Å²) in [6, 6.07) is 18.2. The SMILES string of the molecule is COc1ccc(-c2ccnc(NC3COC4C(NC(=O)Nc5ccccc5)COC34)n2)cc1. The van der Waals surface area contributed by atoms with E-state index in [0.29, 0.717) is 19.2 Å². The molecule has 3 aromatic rings. The number of para-hydroxylation sites is 1. The van der Waals surface area contributed by atoms with Gasteiger partial charge in [-0.2, -0.15) is 0 Å². The lowest BCUT2D eigenvalue weighted by atomic mass is 10.1. The fraction of sp³-hybridized carbons (Fsp3) is 0.292. The van der Waals surface area contributed by atoms with Crippen LogP contribution in [0.2, 0.25) is 0 Å². The van der Waals surface area contributed by atoms with Gasteiger partial charge in [0.05, 0.1) is 38.1 Å². The maximum atomic E-state index is 12.4. The van der Waals surface area contributed by atoms with E-state index >= 15 is 0 Å². The molecule has 0 radical (unpaired) electrons. The van der Waals surface area contributed by atoms with Crippen LogP contribution in [-0.2, 0) is 9.47 Å². The molecule has 0 saturated carbocycles. The van der Waals surface area contributed by atoms with Crippen LogP contribution in [0.4, 0.5) is 16.4 Å². The van der Waals surface area contributed by atoms with Crippen LogP contribution in [0.3, 0.4) is 0 Å². The van der Waals surface area contributed by atoms with Crippen LogP contribution < -0.4 is 20.7 Å². The number of hydrogen-bond donors (Lipinski definition) is 3. The number of nitrogens with one attached hydrogen (secondary N) is 3. The molecule has 2 aromatic carbocycles. The fourth-order valence-corrected chi connectivity index (χ4v) is 4.12.